The molecule has 0 aliphatic carbocycles. The molecule has 0 spiro atoms. The SMILES string of the molecule is CCOC(=O)[C@@H]1CCCN(CC(=O)N2N=C(c3ccc(OC)cc3OC)C[C@H]2c2ccc(C)cc2)C1. The van der Waals surface area contributed by atoms with Gasteiger partial charge in [-0.25, -0.2) is 5.01 Å². The highest BCUT2D eigenvalue weighted by Gasteiger charge is 2.36. The van der Waals surface area contributed by atoms with Crippen LogP contribution in [0.4, 0.5) is 0 Å². The van der Waals surface area contributed by atoms with Crippen LogP contribution in [0.15, 0.2) is 47.6 Å². The van der Waals surface area contributed by atoms with Gasteiger partial charge in [-0.05, 0) is 50.9 Å². The Morgan fingerprint density at radius 2 is 1.86 bits per heavy atom. The van der Waals surface area contributed by atoms with E-state index in [1.807, 2.05) is 36.9 Å². The average Bonchev–Trinajstić information content (AvgIpc) is 3.34. The second kappa shape index (κ2) is 11.6. The molecule has 0 radical (unpaired) electrons. The molecule has 1 amide bonds. The largest absolute Gasteiger partial charge is 0.497 e. The van der Waals surface area contributed by atoms with Crippen LogP contribution >= 0.6 is 0 Å². The van der Waals surface area contributed by atoms with E-state index in [0.717, 1.165) is 41.8 Å². The van der Waals surface area contributed by atoms with Gasteiger partial charge in [-0.15, -0.1) is 0 Å². The van der Waals surface area contributed by atoms with Gasteiger partial charge < -0.3 is 14.2 Å². The first-order valence-electron chi connectivity index (χ1n) is 12.5. The van der Waals surface area contributed by atoms with Crippen molar-refractivity contribution in [3.63, 3.8) is 0 Å². The molecule has 2 aliphatic rings. The number of hydrogen-bond donors (Lipinski definition) is 0. The first kappa shape index (κ1) is 25.7. The number of carbonyl (C=O) groups excluding carboxylic acids is 2. The molecule has 2 aromatic carbocycles. The van der Waals surface area contributed by atoms with E-state index in [2.05, 4.69) is 24.3 Å². The Hall–Kier alpha value is -3.39. The Balaban J connectivity index is 1.58. The number of rotatable bonds is 8. The standard InChI is InChI=1S/C28H35N3O5/c1-5-36-28(33)21-7-6-14-30(17-21)18-27(32)31-25(20-10-8-19(2)9-11-20)16-24(29-31)23-13-12-22(34-3)15-26(23)35-4/h8-13,15,21,25H,5-7,14,16-18H2,1-4H3/t21-,25+/m1/s1. The zero-order valence-corrected chi connectivity index (χ0v) is 21.5. The summed E-state index contributed by atoms with van der Waals surface area (Å²) in [5.41, 5.74) is 3.82. The molecule has 2 aliphatic heterocycles. The summed E-state index contributed by atoms with van der Waals surface area (Å²) >= 11 is 0. The van der Waals surface area contributed by atoms with Gasteiger partial charge in [-0.3, -0.25) is 14.5 Å². The van der Waals surface area contributed by atoms with E-state index in [4.69, 9.17) is 19.3 Å². The summed E-state index contributed by atoms with van der Waals surface area (Å²) in [6.07, 6.45) is 2.22. The van der Waals surface area contributed by atoms with Crippen LogP contribution in [-0.2, 0) is 14.3 Å². The van der Waals surface area contributed by atoms with Crippen LogP contribution in [0.25, 0.3) is 0 Å². The van der Waals surface area contributed by atoms with Gasteiger partial charge in [0.1, 0.15) is 11.5 Å². The monoisotopic (exact) mass is 493 g/mol. The van der Waals surface area contributed by atoms with Gasteiger partial charge >= 0.3 is 5.97 Å². The van der Waals surface area contributed by atoms with Crippen molar-refractivity contribution in [3.05, 3.63) is 59.2 Å². The van der Waals surface area contributed by atoms with Gasteiger partial charge in [0, 0.05) is 24.6 Å². The van der Waals surface area contributed by atoms with E-state index in [9.17, 15) is 9.59 Å². The highest BCUT2D eigenvalue weighted by atomic mass is 16.5. The molecule has 0 N–H and O–H groups in total. The summed E-state index contributed by atoms with van der Waals surface area (Å²) in [6.45, 7) is 5.72. The van der Waals surface area contributed by atoms with Crippen molar-refractivity contribution < 1.29 is 23.8 Å². The maximum absolute atomic E-state index is 13.6. The second-order valence-electron chi connectivity index (χ2n) is 9.31. The minimum Gasteiger partial charge on any atom is -0.497 e. The lowest BCUT2D eigenvalue weighted by atomic mass is 9.97. The molecule has 1 fully saturated rings. The van der Waals surface area contributed by atoms with E-state index in [0.29, 0.717) is 31.1 Å². The summed E-state index contributed by atoms with van der Waals surface area (Å²) in [5.74, 6) is 0.880. The molecule has 8 nitrogen and oxygen atoms in total. The molecule has 2 aromatic rings. The van der Waals surface area contributed by atoms with Crippen molar-refractivity contribution in [3.8, 4) is 11.5 Å². The first-order chi connectivity index (χ1) is 17.4. The van der Waals surface area contributed by atoms with Crippen LogP contribution < -0.4 is 9.47 Å². The van der Waals surface area contributed by atoms with Crippen LogP contribution in [0, 0.1) is 12.8 Å². The molecule has 36 heavy (non-hydrogen) atoms. The molecular weight excluding hydrogens is 458 g/mol. The number of benzene rings is 2. The maximum atomic E-state index is 13.6. The number of esters is 1. The summed E-state index contributed by atoms with van der Waals surface area (Å²) < 4.78 is 16.2. The van der Waals surface area contributed by atoms with Crippen molar-refractivity contribution >= 4 is 17.6 Å². The smallest absolute Gasteiger partial charge is 0.310 e. The van der Waals surface area contributed by atoms with Crippen molar-refractivity contribution in [1.82, 2.24) is 9.91 Å². The normalized spacial score (nSPS) is 20.1. The van der Waals surface area contributed by atoms with Gasteiger partial charge in [-0.2, -0.15) is 5.10 Å². The number of hydrazone groups is 1. The van der Waals surface area contributed by atoms with E-state index in [1.165, 1.54) is 0 Å². The van der Waals surface area contributed by atoms with Gasteiger partial charge in [0.2, 0.25) is 0 Å². The molecule has 0 saturated carbocycles. The van der Waals surface area contributed by atoms with Crippen LogP contribution in [0.5, 0.6) is 11.5 Å². The topological polar surface area (TPSA) is 80.7 Å². The number of methoxy groups -OCH3 is 2. The van der Waals surface area contributed by atoms with Crippen molar-refractivity contribution in [1.29, 1.82) is 0 Å². The highest BCUT2D eigenvalue weighted by Crippen LogP contribution is 2.36. The third-order valence-electron chi connectivity index (χ3n) is 6.83. The average molecular weight is 494 g/mol. The van der Waals surface area contributed by atoms with Crippen LogP contribution in [0.1, 0.15) is 48.9 Å². The zero-order valence-electron chi connectivity index (χ0n) is 21.5. The van der Waals surface area contributed by atoms with Gasteiger partial charge in [0.05, 0.1) is 45.0 Å². The molecule has 0 bridgehead atoms. The van der Waals surface area contributed by atoms with Gasteiger partial charge in [-0.1, -0.05) is 29.8 Å². The lowest BCUT2D eigenvalue weighted by molar-refractivity contribution is -0.150. The van der Waals surface area contributed by atoms with Crippen LogP contribution in [0.2, 0.25) is 0 Å². The Morgan fingerprint density at radius 1 is 1.08 bits per heavy atom. The molecule has 192 valence electrons. The predicted molar refractivity (Wildman–Crippen MR) is 137 cm³/mol. The lowest BCUT2D eigenvalue weighted by Crippen LogP contribution is -2.44. The highest BCUT2D eigenvalue weighted by molar-refractivity contribution is 6.05. The number of carbonyl (C=O) groups is 2. The fourth-order valence-electron chi connectivity index (χ4n) is 4.90. The molecule has 0 unspecified atom stereocenters. The van der Waals surface area contributed by atoms with E-state index < -0.39 is 0 Å². The molecule has 1 saturated heterocycles. The van der Waals surface area contributed by atoms with Gasteiger partial charge in [0.25, 0.3) is 5.91 Å². The number of aryl methyl sites for hydroxylation is 1. The van der Waals surface area contributed by atoms with E-state index >= 15 is 0 Å². The molecule has 4 rings (SSSR count). The molecule has 0 aromatic heterocycles. The summed E-state index contributed by atoms with van der Waals surface area (Å²) in [5, 5.41) is 6.42. The summed E-state index contributed by atoms with van der Waals surface area (Å²) in [4.78, 5) is 27.9. The number of hydrogen-bond acceptors (Lipinski definition) is 7. The molecule has 2 heterocycles. The number of ether oxygens (including phenoxy) is 3. The lowest BCUT2D eigenvalue weighted by Gasteiger charge is -2.32. The maximum Gasteiger partial charge on any atom is 0.310 e. The van der Waals surface area contributed by atoms with Crippen molar-refractivity contribution in [2.75, 3.05) is 40.5 Å². The Morgan fingerprint density at radius 3 is 2.56 bits per heavy atom. The first-order valence-corrected chi connectivity index (χ1v) is 12.5. The minimum absolute atomic E-state index is 0.0902. The molecule has 2 atom stereocenters. The van der Waals surface area contributed by atoms with Crippen molar-refractivity contribution in [2.45, 2.75) is 39.2 Å². The third kappa shape index (κ3) is 5.70. The molecular formula is C28H35N3O5. The summed E-state index contributed by atoms with van der Waals surface area (Å²) in [7, 11) is 3.23. The van der Waals surface area contributed by atoms with Gasteiger partial charge in [0.15, 0.2) is 0 Å². The Labute approximate surface area is 212 Å². The minimum atomic E-state index is -0.217. The second-order valence-corrected chi connectivity index (χ2v) is 9.31. The zero-order chi connectivity index (χ0) is 25.7. The fraction of sp³-hybridized carbons (Fsp3) is 0.464. The molecule has 8 heteroatoms. The van der Waals surface area contributed by atoms with Crippen LogP contribution in [0.3, 0.4) is 0 Å². The number of piperidine rings is 1. The Bertz CT molecular complexity index is 1110. The van der Waals surface area contributed by atoms with E-state index in [1.54, 1.807) is 19.2 Å². The number of likely N-dealkylation sites (tertiary alicyclic amines) is 1. The van der Waals surface area contributed by atoms with Crippen molar-refractivity contribution in [2.24, 2.45) is 11.0 Å². The fourth-order valence-corrected chi connectivity index (χ4v) is 4.90. The van der Waals surface area contributed by atoms with E-state index in [-0.39, 0.29) is 30.4 Å². The predicted octanol–water partition coefficient (Wildman–Crippen LogP) is 3.97. The Kier molecular flexibility index (Phi) is 8.25. The quantitative estimate of drug-likeness (QED) is 0.518. The van der Waals surface area contributed by atoms with Crippen LogP contribution in [-0.4, -0.2) is 68.0 Å². The third-order valence-corrected chi connectivity index (χ3v) is 6.83. The number of amides is 1. The number of nitrogens with zero attached hydrogens (tertiary/aromatic N) is 3. The summed E-state index contributed by atoms with van der Waals surface area (Å²) in [6, 6.07) is 13.6.